The van der Waals surface area contributed by atoms with E-state index in [4.69, 9.17) is 0 Å². The lowest BCUT2D eigenvalue weighted by molar-refractivity contribution is 0.669. The zero-order valence-corrected chi connectivity index (χ0v) is 9.19. The van der Waals surface area contributed by atoms with Crippen LogP contribution in [-0.4, -0.2) is 0 Å². The molecule has 78 valence electrons. The highest BCUT2D eigenvalue weighted by atomic mass is 14.9. The third-order valence-corrected chi connectivity index (χ3v) is 2.86. The highest BCUT2D eigenvalue weighted by Gasteiger charge is 2.46. The number of nitrogens with one attached hydrogen (secondary N) is 1. The molecule has 0 amide bonds. The molecule has 0 heterocycles. The van der Waals surface area contributed by atoms with E-state index in [1.54, 1.807) is 6.08 Å². The Morgan fingerprint density at radius 2 is 1.93 bits per heavy atom. The van der Waals surface area contributed by atoms with Gasteiger partial charge < -0.3 is 5.32 Å². The summed E-state index contributed by atoms with van der Waals surface area (Å²) in [5.41, 5.74) is 3.52. The van der Waals surface area contributed by atoms with Crippen LogP contribution in [0.4, 0.5) is 0 Å². The highest BCUT2D eigenvalue weighted by molar-refractivity contribution is 5.33. The van der Waals surface area contributed by atoms with Crippen LogP contribution in [-0.2, 0) is 0 Å². The maximum Gasteiger partial charge on any atom is 0.0302 e. The van der Waals surface area contributed by atoms with Crippen LogP contribution in [0.15, 0.2) is 48.9 Å². The maximum absolute atomic E-state index is 4.09. The zero-order valence-electron chi connectivity index (χ0n) is 9.19. The molecule has 1 aliphatic rings. The Morgan fingerprint density at radius 3 is 2.29 bits per heavy atom. The van der Waals surface area contributed by atoms with Crippen LogP contribution in [0.25, 0.3) is 0 Å². The fourth-order valence-corrected chi connectivity index (χ4v) is 1.69. The molecule has 0 spiro atoms. The Hall–Kier alpha value is -1.24. The predicted molar refractivity (Wildman–Crippen MR) is 64.8 cm³/mol. The van der Waals surface area contributed by atoms with E-state index in [0.29, 0.717) is 0 Å². The van der Waals surface area contributed by atoms with Crippen molar-refractivity contribution in [3.05, 3.63) is 48.9 Å². The molecule has 1 saturated carbocycles. The Kier molecular flexibility index (Phi) is 3.00. The summed E-state index contributed by atoms with van der Waals surface area (Å²) in [6.07, 6.45) is 6.07. The van der Waals surface area contributed by atoms with Crippen molar-refractivity contribution in [1.82, 2.24) is 5.32 Å². The van der Waals surface area contributed by atoms with Gasteiger partial charge in [0.1, 0.15) is 0 Å². The summed E-state index contributed by atoms with van der Waals surface area (Å²) < 4.78 is 0. The van der Waals surface area contributed by atoms with Gasteiger partial charge in [-0.2, -0.15) is 0 Å². The van der Waals surface area contributed by atoms with Crippen molar-refractivity contribution in [1.29, 1.82) is 0 Å². The zero-order chi connectivity index (χ0) is 10.8. The SMILES string of the molecule is C=C/C=C(\C)NC(=C)C1(C(=C)C)CC1.[HH]. The third kappa shape index (κ3) is 1.98. The Bertz CT molecular complexity index is 308. The minimum atomic E-state index is 0. The molecule has 1 aliphatic carbocycles. The molecule has 0 radical (unpaired) electrons. The van der Waals surface area contributed by atoms with Crippen molar-refractivity contribution in [3.8, 4) is 0 Å². The molecule has 0 aliphatic heterocycles. The quantitative estimate of drug-likeness (QED) is 0.515. The summed E-state index contributed by atoms with van der Waals surface area (Å²) in [5, 5.41) is 3.30. The van der Waals surface area contributed by atoms with Gasteiger partial charge >= 0.3 is 0 Å². The van der Waals surface area contributed by atoms with Crippen molar-refractivity contribution in [2.75, 3.05) is 0 Å². The molecule has 0 aromatic heterocycles. The Balaban J connectivity index is 0.00000196. The normalized spacial score (nSPS) is 18.6. The van der Waals surface area contributed by atoms with Gasteiger partial charge in [0, 0.05) is 18.2 Å². The first-order chi connectivity index (χ1) is 6.53. The van der Waals surface area contributed by atoms with Crippen molar-refractivity contribution in [3.63, 3.8) is 0 Å². The molecule has 0 saturated heterocycles. The van der Waals surface area contributed by atoms with E-state index in [9.17, 15) is 0 Å². The topological polar surface area (TPSA) is 12.0 Å². The van der Waals surface area contributed by atoms with Crippen LogP contribution in [0.3, 0.4) is 0 Å². The molecule has 0 bridgehead atoms. The number of allylic oxidation sites excluding steroid dienone is 4. The standard InChI is InChI=1S/C13H19N.H2/c1-6-7-11(4)14-12(5)13(8-9-13)10(2)3;/h6-7,14H,1-2,5,8-9H2,3-4H3;1H/b11-7+;. The van der Waals surface area contributed by atoms with Crippen LogP contribution in [0.1, 0.15) is 28.1 Å². The molecule has 1 heteroatoms. The molecule has 0 aromatic carbocycles. The van der Waals surface area contributed by atoms with Crippen LogP contribution >= 0.6 is 0 Å². The molecule has 1 fully saturated rings. The van der Waals surface area contributed by atoms with Gasteiger partial charge in [-0.3, -0.25) is 0 Å². The second-order valence-electron chi connectivity index (χ2n) is 4.05. The lowest BCUT2D eigenvalue weighted by atomic mass is 9.95. The highest BCUT2D eigenvalue weighted by Crippen LogP contribution is 2.55. The van der Waals surface area contributed by atoms with Gasteiger partial charge in [0.05, 0.1) is 0 Å². The molecule has 14 heavy (non-hydrogen) atoms. The number of rotatable bonds is 5. The average molecular weight is 191 g/mol. The fraction of sp³-hybridized carbons (Fsp3) is 0.385. The summed E-state index contributed by atoms with van der Waals surface area (Å²) in [5.74, 6) is 0. The summed E-state index contributed by atoms with van der Waals surface area (Å²) in [6.45, 7) is 15.9. The van der Waals surface area contributed by atoms with Crippen molar-refractivity contribution < 1.29 is 1.43 Å². The Labute approximate surface area is 88.4 Å². The molecular formula is C13H21N. The second kappa shape index (κ2) is 3.87. The van der Waals surface area contributed by atoms with Gasteiger partial charge in [-0.25, -0.2) is 0 Å². The monoisotopic (exact) mass is 191 g/mol. The lowest BCUT2D eigenvalue weighted by Gasteiger charge is -2.20. The van der Waals surface area contributed by atoms with Crippen molar-refractivity contribution in [2.24, 2.45) is 5.41 Å². The third-order valence-electron chi connectivity index (χ3n) is 2.86. The van der Waals surface area contributed by atoms with Gasteiger partial charge in [-0.15, -0.1) is 0 Å². The molecular weight excluding hydrogens is 170 g/mol. The minimum Gasteiger partial charge on any atom is -0.362 e. The molecule has 1 N–H and O–H groups in total. The first-order valence-corrected chi connectivity index (χ1v) is 4.94. The van der Waals surface area contributed by atoms with Gasteiger partial charge in [-0.05, 0) is 32.8 Å². The maximum atomic E-state index is 4.09. The lowest BCUT2D eigenvalue weighted by Crippen LogP contribution is -2.19. The minimum absolute atomic E-state index is 0. The van der Waals surface area contributed by atoms with E-state index in [1.807, 2.05) is 13.0 Å². The van der Waals surface area contributed by atoms with Crippen LogP contribution in [0, 0.1) is 5.41 Å². The van der Waals surface area contributed by atoms with E-state index in [1.165, 1.54) is 18.4 Å². The molecule has 0 aromatic rings. The van der Waals surface area contributed by atoms with Gasteiger partial charge in [0.15, 0.2) is 0 Å². The first kappa shape index (κ1) is 10.8. The second-order valence-corrected chi connectivity index (χ2v) is 4.05. The van der Waals surface area contributed by atoms with Gasteiger partial charge in [0.2, 0.25) is 0 Å². The van der Waals surface area contributed by atoms with Crippen LogP contribution in [0.5, 0.6) is 0 Å². The molecule has 0 unspecified atom stereocenters. The predicted octanol–water partition coefficient (Wildman–Crippen LogP) is 3.78. The van der Waals surface area contributed by atoms with Gasteiger partial charge in [-0.1, -0.05) is 31.4 Å². The Morgan fingerprint density at radius 1 is 1.36 bits per heavy atom. The van der Waals surface area contributed by atoms with Gasteiger partial charge in [0.25, 0.3) is 0 Å². The number of hydrogen-bond donors (Lipinski definition) is 1. The summed E-state index contributed by atoms with van der Waals surface area (Å²) in [6, 6.07) is 0. The van der Waals surface area contributed by atoms with E-state index in [2.05, 4.69) is 32.0 Å². The summed E-state index contributed by atoms with van der Waals surface area (Å²) in [4.78, 5) is 0. The van der Waals surface area contributed by atoms with Crippen LogP contribution < -0.4 is 5.32 Å². The van der Waals surface area contributed by atoms with E-state index in [-0.39, 0.29) is 6.84 Å². The van der Waals surface area contributed by atoms with Crippen molar-refractivity contribution >= 4 is 0 Å². The largest absolute Gasteiger partial charge is 0.362 e. The summed E-state index contributed by atoms with van der Waals surface area (Å²) >= 11 is 0. The molecule has 1 rings (SSSR count). The first-order valence-electron chi connectivity index (χ1n) is 4.94. The molecule has 0 atom stereocenters. The van der Waals surface area contributed by atoms with E-state index >= 15 is 0 Å². The summed E-state index contributed by atoms with van der Waals surface area (Å²) in [7, 11) is 0. The van der Waals surface area contributed by atoms with Crippen LogP contribution in [0.2, 0.25) is 0 Å². The number of hydrogen-bond acceptors (Lipinski definition) is 1. The average Bonchev–Trinajstić information content (AvgIpc) is 2.83. The van der Waals surface area contributed by atoms with E-state index in [0.717, 1.165) is 11.4 Å². The molecule has 1 nitrogen and oxygen atoms in total. The van der Waals surface area contributed by atoms with Crippen molar-refractivity contribution in [2.45, 2.75) is 26.7 Å². The fourth-order valence-electron chi connectivity index (χ4n) is 1.69. The van der Waals surface area contributed by atoms with E-state index < -0.39 is 0 Å². The smallest absolute Gasteiger partial charge is 0.0302 e.